The Morgan fingerprint density at radius 2 is 2.00 bits per heavy atom. The second-order valence-corrected chi connectivity index (χ2v) is 7.83. The summed E-state index contributed by atoms with van der Waals surface area (Å²) in [4.78, 5) is 4.16. The highest BCUT2D eigenvalue weighted by molar-refractivity contribution is 7.91. The number of ether oxygens (including phenoxy) is 1. The average molecular weight is 334 g/mol. The highest BCUT2D eigenvalue weighted by Crippen LogP contribution is 2.17. The standard InChI is InChI=1S/C17H19FN2O2S/c1-17(2,3)23(21)20-10-14-8-9-15(11-19-14)22-12-13-6-4-5-7-16(13)18/h4-11H,12H2,1-3H3. The maximum atomic E-state index is 13.5. The van der Waals surface area contributed by atoms with Gasteiger partial charge in [0.2, 0.25) is 0 Å². The Morgan fingerprint density at radius 1 is 1.26 bits per heavy atom. The van der Waals surface area contributed by atoms with Crippen LogP contribution in [0.1, 0.15) is 32.0 Å². The summed E-state index contributed by atoms with van der Waals surface area (Å²) in [7, 11) is 0. The van der Waals surface area contributed by atoms with Gasteiger partial charge in [0.1, 0.15) is 40.5 Å². The Morgan fingerprint density at radius 3 is 2.61 bits per heavy atom. The summed E-state index contributed by atoms with van der Waals surface area (Å²) in [5.41, 5.74) is 1.07. The van der Waals surface area contributed by atoms with E-state index in [4.69, 9.17) is 4.74 Å². The first-order valence-electron chi connectivity index (χ1n) is 7.14. The van der Waals surface area contributed by atoms with Gasteiger partial charge in [-0.15, -0.1) is 0 Å². The molecule has 1 aromatic carbocycles. The molecule has 0 amide bonds. The predicted octanol–water partition coefficient (Wildman–Crippen LogP) is 3.68. The van der Waals surface area contributed by atoms with E-state index in [9.17, 15) is 8.94 Å². The molecule has 0 bridgehead atoms. The van der Waals surface area contributed by atoms with Crippen molar-refractivity contribution in [1.29, 1.82) is 0 Å². The highest BCUT2D eigenvalue weighted by atomic mass is 32.2. The van der Waals surface area contributed by atoms with Gasteiger partial charge in [-0.25, -0.2) is 4.39 Å². The minimum atomic E-state index is -1.32. The second kappa shape index (κ2) is 7.57. The number of nitrogens with zero attached hydrogens (tertiary/aromatic N) is 2. The lowest BCUT2D eigenvalue weighted by Gasteiger charge is -2.17. The molecular formula is C17H19FN2O2S. The molecule has 0 spiro atoms. The molecule has 6 heteroatoms. The largest absolute Gasteiger partial charge is 0.591 e. The van der Waals surface area contributed by atoms with Gasteiger partial charge in [0.05, 0.1) is 11.9 Å². The zero-order valence-corrected chi connectivity index (χ0v) is 14.1. The van der Waals surface area contributed by atoms with Gasteiger partial charge in [-0.1, -0.05) is 22.6 Å². The first-order chi connectivity index (χ1) is 10.9. The molecule has 4 nitrogen and oxygen atoms in total. The first-order valence-corrected chi connectivity index (χ1v) is 8.25. The van der Waals surface area contributed by atoms with Crippen LogP contribution in [0.3, 0.4) is 0 Å². The molecule has 0 aliphatic heterocycles. The Labute approximate surface area is 138 Å². The minimum absolute atomic E-state index is 0.135. The zero-order valence-electron chi connectivity index (χ0n) is 13.3. The topological polar surface area (TPSA) is 57.5 Å². The Bertz CT molecular complexity index is 669. The predicted molar refractivity (Wildman–Crippen MR) is 90.5 cm³/mol. The summed E-state index contributed by atoms with van der Waals surface area (Å²) in [6.45, 7) is 5.70. The number of aromatic nitrogens is 1. The molecule has 0 aliphatic carbocycles. The van der Waals surface area contributed by atoms with E-state index in [1.54, 1.807) is 30.3 Å². The third kappa shape index (κ3) is 5.33. The van der Waals surface area contributed by atoms with Crippen molar-refractivity contribution in [2.75, 3.05) is 0 Å². The fourth-order valence-electron chi connectivity index (χ4n) is 1.59. The lowest BCUT2D eigenvalue weighted by Crippen LogP contribution is -2.25. The third-order valence-electron chi connectivity index (χ3n) is 2.92. The van der Waals surface area contributed by atoms with E-state index in [2.05, 4.69) is 9.38 Å². The van der Waals surface area contributed by atoms with Crippen molar-refractivity contribution >= 4 is 17.6 Å². The van der Waals surface area contributed by atoms with Crippen molar-refractivity contribution in [1.82, 2.24) is 4.98 Å². The first kappa shape index (κ1) is 17.4. The molecular weight excluding hydrogens is 315 g/mol. The van der Waals surface area contributed by atoms with Crippen molar-refractivity contribution in [2.24, 2.45) is 4.40 Å². The molecule has 1 heterocycles. The van der Waals surface area contributed by atoms with Crippen molar-refractivity contribution in [3.05, 3.63) is 59.7 Å². The maximum Gasteiger partial charge on any atom is 0.144 e. The van der Waals surface area contributed by atoms with Crippen LogP contribution in [0.5, 0.6) is 5.75 Å². The van der Waals surface area contributed by atoms with Crippen molar-refractivity contribution in [2.45, 2.75) is 32.1 Å². The fraction of sp³-hybridized carbons (Fsp3) is 0.294. The van der Waals surface area contributed by atoms with Crippen LogP contribution in [0.25, 0.3) is 0 Å². The third-order valence-corrected chi connectivity index (χ3v) is 4.26. The molecule has 1 aromatic heterocycles. The lowest BCUT2D eigenvalue weighted by molar-refractivity contribution is 0.298. The van der Waals surface area contributed by atoms with Crippen LogP contribution >= 0.6 is 0 Å². The molecule has 0 saturated carbocycles. The van der Waals surface area contributed by atoms with E-state index >= 15 is 0 Å². The van der Waals surface area contributed by atoms with E-state index in [1.807, 2.05) is 20.8 Å². The molecule has 0 aliphatic rings. The normalized spacial score (nSPS) is 13.3. The van der Waals surface area contributed by atoms with Crippen LogP contribution in [0.15, 0.2) is 47.0 Å². The van der Waals surface area contributed by atoms with Gasteiger partial charge in [-0.3, -0.25) is 4.98 Å². The van der Waals surface area contributed by atoms with E-state index < -0.39 is 16.1 Å². The molecule has 122 valence electrons. The van der Waals surface area contributed by atoms with Crippen LogP contribution in [0.4, 0.5) is 4.39 Å². The van der Waals surface area contributed by atoms with E-state index in [-0.39, 0.29) is 12.4 Å². The fourth-order valence-corrected chi connectivity index (χ4v) is 2.11. The molecule has 0 radical (unpaired) electrons. The van der Waals surface area contributed by atoms with Crippen molar-refractivity contribution < 1.29 is 13.7 Å². The Kier molecular flexibility index (Phi) is 5.74. The van der Waals surface area contributed by atoms with Gasteiger partial charge in [0.25, 0.3) is 0 Å². The Balaban J connectivity index is 1.95. The number of hydrogen-bond acceptors (Lipinski definition) is 4. The number of hydrogen-bond donors (Lipinski definition) is 0. The summed E-state index contributed by atoms with van der Waals surface area (Å²) in [6, 6.07) is 9.89. The van der Waals surface area contributed by atoms with Gasteiger partial charge >= 0.3 is 0 Å². The van der Waals surface area contributed by atoms with E-state index in [0.29, 0.717) is 17.0 Å². The lowest BCUT2D eigenvalue weighted by atomic mass is 10.2. The summed E-state index contributed by atoms with van der Waals surface area (Å²) in [5, 5.41) is 0. The van der Waals surface area contributed by atoms with Gasteiger partial charge < -0.3 is 9.29 Å². The maximum absolute atomic E-state index is 13.5. The molecule has 1 unspecified atom stereocenters. The zero-order chi connectivity index (χ0) is 16.9. The Hall–Kier alpha value is -1.92. The summed E-state index contributed by atoms with van der Waals surface area (Å²) in [6.07, 6.45) is 3.00. The molecule has 23 heavy (non-hydrogen) atoms. The van der Waals surface area contributed by atoms with E-state index in [1.165, 1.54) is 18.5 Å². The summed E-state index contributed by atoms with van der Waals surface area (Å²) >= 11 is -1.32. The van der Waals surface area contributed by atoms with Gasteiger partial charge in [0, 0.05) is 5.56 Å². The average Bonchev–Trinajstić information content (AvgIpc) is 2.52. The molecule has 0 fully saturated rings. The minimum Gasteiger partial charge on any atom is -0.591 e. The van der Waals surface area contributed by atoms with E-state index in [0.717, 1.165) is 0 Å². The summed E-state index contributed by atoms with van der Waals surface area (Å²) in [5.74, 6) is 0.233. The van der Waals surface area contributed by atoms with Crippen LogP contribution in [0, 0.1) is 5.82 Å². The number of pyridine rings is 1. The molecule has 0 saturated heterocycles. The monoisotopic (exact) mass is 334 g/mol. The highest BCUT2D eigenvalue weighted by Gasteiger charge is 2.25. The molecule has 2 rings (SSSR count). The van der Waals surface area contributed by atoms with Crippen LogP contribution in [0.2, 0.25) is 0 Å². The number of rotatable bonds is 5. The number of benzene rings is 1. The van der Waals surface area contributed by atoms with Gasteiger partial charge in [0.15, 0.2) is 0 Å². The smallest absolute Gasteiger partial charge is 0.144 e. The van der Waals surface area contributed by atoms with Gasteiger partial charge in [-0.2, -0.15) is 0 Å². The second-order valence-electron chi connectivity index (χ2n) is 5.89. The van der Waals surface area contributed by atoms with Crippen molar-refractivity contribution in [3.63, 3.8) is 0 Å². The summed E-state index contributed by atoms with van der Waals surface area (Å²) < 4.78 is 34.4. The molecule has 2 aromatic rings. The van der Waals surface area contributed by atoms with Crippen LogP contribution in [-0.4, -0.2) is 20.5 Å². The molecule has 1 atom stereocenters. The van der Waals surface area contributed by atoms with Crippen LogP contribution < -0.4 is 4.74 Å². The number of halogens is 1. The van der Waals surface area contributed by atoms with Gasteiger partial charge in [-0.05, 0) is 39.0 Å². The SMILES string of the molecule is CC(C)(C)[S+]([O-])N=Cc1ccc(OCc2ccccc2F)cn1. The van der Waals surface area contributed by atoms with Crippen molar-refractivity contribution in [3.8, 4) is 5.75 Å². The molecule has 0 N–H and O–H groups in total. The van der Waals surface area contributed by atoms with Crippen LogP contribution in [-0.2, 0) is 18.0 Å². The quantitative estimate of drug-likeness (QED) is 0.619.